The summed E-state index contributed by atoms with van der Waals surface area (Å²) in [5, 5.41) is 14.2. The molecule has 1 aromatic carbocycles. The molecule has 5 nitrogen and oxygen atoms in total. The maximum Gasteiger partial charge on any atom is 0.340 e. The lowest BCUT2D eigenvalue weighted by molar-refractivity contribution is -0.115. The topological polar surface area (TPSA) is 78.4 Å². The molecular weight excluding hydrogens is 251 g/mol. The molecular formula is C13H17FN2O3. The average Bonchev–Trinajstić information content (AvgIpc) is 2.25. The number of amides is 1. The second-order valence-electron chi connectivity index (χ2n) is 5.12. The van der Waals surface area contributed by atoms with Gasteiger partial charge in [-0.05, 0) is 32.9 Å². The second kappa shape index (κ2) is 5.79. The van der Waals surface area contributed by atoms with Gasteiger partial charge in [-0.2, -0.15) is 0 Å². The van der Waals surface area contributed by atoms with Crippen molar-refractivity contribution in [3.05, 3.63) is 29.6 Å². The number of rotatable bonds is 4. The van der Waals surface area contributed by atoms with Crippen LogP contribution in [0.15, 0.2) is 18.2 Å². The molecule has 6 heteroatoms. The van der Waals surface area contributed by atoms with Gasteiger partial charge in [0.1, 0.15) is 11.4 Å². The molecule has 0 aliphatic rings. The van der Waals surface area contributed by atoms with E-state index >= 15 is 0 Å². The minimum Gasteiger partial charge on any atom is -0.478 e. The van der Waals surface area contributed by atoms with Gasteiger partial charge in [0, 0.05) is 5.54 Å². The molecule has 0 spiro atoms. The maximum atomic E-state index is 13.4. The minimum absolute atomic E-state index is 0.0130. The molecule has 0 saturated heterocycles. The van der Waals surface area contributed by atoms with E-state index in [1.54, 1.807) is 0 Å². The Bertz CT molecular complexity index is 495. The maximum absolute atomic E-state index is 13.4. The molecule has 0 saturated carbocycles. The van der Waals surface area contributed by atoms with Gasteiger partial charge in [-0.25, -0.2) is 9.18 Å². The Labute approximate surface area is 110 Å². The van der Waals surface area contributed by atoms with Crippen molar-refractivity contribution < 1.29 is 19.1 Å². The largest absolute Gasteiger partial charge is 0.478 e. The van der Waals surface area contributed by atoms with Crippen LogP contribution in [0.4, 0.5) is 10.1 Å². The summed E-state index contributed by atoms with van der Waals surface area (Å²) in [4.78, 5) is 22.6. The van der Waals surface area contributed by atoms with Crippen molar-refractivity contribution in [3.63, 3.8) is 0 Å². The van der Waals surface area contributed by atoms with Gasteiger partial charge in [0.05, 0.1) is 12.2 Å². The predicted octanol–water partition coefficient (Wildman–Crippen LogP) is 1.85. The van der Waals surface area contributed by atoms with Crippen LogP contribution in [0.2, 0.25) is 0 Å². The van der Waals surface area contributed by atoms with Crippen LogP contribution in [0.25, 0.3) is 0 Å². The lowest BCUT2D eigenvalue weighted by atomic mass is 10.1. The molecule has 1 rings (SSSR count). The van der Waals surface area contributed by atoms with Gasteiger partial charge in [-0.3, -0.25) is 4.79 Å². The van der Waals surface area contributed by atoms with Gasteiger partial charge in [-0.1, -0.05) is 6.07 Å². The van der Waals surface area contributed by atoms with E-state index in [0.717, 1.165) is 6.07 Å². The third-order valence-electron chi connectivity index (χ3n) is 2.28. The van der Waals surface area contributed by atoms with E-state index in [4.69, 9.17) is 5.11 Å². The molecule has 0 unspecified atom stereocenters. The molecule has 0 heterocycles. The van der Waals surface area contributed by atoms with Gasteiger partial charge in [0.25, 0.3) is 0 Å². The number of halogens is 1. The fourth-order valence-electron chi connectivity index (χ4n) is 1.39. The number of nitrogens with one attached hydrogen (secondary N) is 2. The van der Waals surface area contributed by atoms with Crippen molar-refractivity contribution in [2.24, 2.45) is 0 Å². The third kappa shape index (κ3) is 4.67. The molecule has 3 N–H and O–H groups in total. The van der Waals surface area contributed by atoms with Crippen LogP contribution in [0.3, 0.4) is 0 Å². The van der Waals surface area contributed by atoms with Crippen molar-refractivity contribution in [3.8, 4) is 0 Å². The van der Waals surface area contributed by atoms with Gasteiger partial charge >= 0.3 is 5.97 Å². The number of carbonyl (C=O) groups excluding carboxylic acids is 1. The van der Waals surface area contributed by atoms with Crippen molar-refractivity contribution >= 4 is 17.6 Å². The highest BCUT2D eigenvalue weighted by Gasteiger charge is 2.18. The van der Waals surface area contributed by atoms with E-state index in [9.17, 15) is 14.0 Å². The van der Waals surface area contributed by atoms with Crippen LogP contribution < -0.4 is 10.6 Å². The molecule has 1 aromatic rings. The summed E-state index contributed by atoms with van der Waals surface area (Å²) in [6, 6.07) is 3.72. The van der Waals surface area contributed by atoms with E-state index in [-0.39, 0.29) is 17.8 Å². The summed E-state index contributed by atoms with van der Waals surface area (Å²) in [5.74, 6) is -2.73. The van der Waals surface area contributed by atoms with E-state index in [2.05, 4.69) is 10.6 Å². The van der Waals surface area contributed by atoms with Crippen LogP contribution in [0, 0.1) is 5.82 Å². The van der Waals surface area contributed by atoms with E-state index < -0.39 is 23.3 Å². The Morgan fingerprint density at radius 3 is 2.47 bits per heavy atom. The first kappa shape index (κ1) is 15.1. The van der Waals surface area contributed by atoms with Crippen molar-refractivity contribution in [2.45, 2.75) is 26.3 Å². The van der Waals surface area contributed by atoms with Gasteiger partial charge in [0.15, 0.2) is 0 Å². The first-order valence-electron chi connectivity index (χ1n) is 5.77. The van der Waals surface area contributed by atoms with Crippen LogP contribution >= 0.6 is 0 Å². The van der Waals surface area contributed by atoms with E-state index in [0.29, 0.717) is 0 Å². The van der Waals surface area contributed by atoms with Crippen LogP contribution in [-0.2, 0) is 4.79 Å². The van der Waals surface area contributed by atoms with E-state index in [1.165, 1.54) is 12.1 Å². The number of anilines is 1. The Balaban J connectivity index is 2.80. The van der Waals surface area contributed by atoms with E-state index in [1.807, 2.05) is 20.8 Å². The average molecular weight is 268 g/mol. The summed E-state index contributed by atoms with van der Waals surface area (Å²) >= 11 is 0. The Morgan fingerprint density at radius 2 is 1.95 bits per heavy atom. The number of hydrogen-bond acceptors (Lipinski definition) is 3. The molecule has 104 valence electrons. The highest BCUT2D eigenvalue weighted by molar-refractivity contribution is 6.01. The summed E-state index contributed by atoms with van der Waals surface area (Å²) in [5.41, 5.74) is -0.825. The highest BCUT2D eigenvalue weighted by Crippen LogP contribution is 2.18. The zero-order valence-corrected chi connectivity index (χ0v) is 11.1. The van der Waals surface area contributed by atoms with Crippen molar-refractivity contribution in [1.82, 2.24) is 5.32 Å². The minimum atomic E-state index is -1.42. The zero-order chi connectivity index (χ0) is 14.6. The first-order valence-corrected chi connectivity index (χ1v) is 5.77. The molecule has 0 aliphatic carbocycles. The quantitative estimate of drug-likeness (QED) is 0.778. The van der Waals surface area contributed by atoms with Crippen LogP contribution in [0.5, 0.6) is 0 Å². The third-order valence-corrected chi connectivity index (χ3v) is 2.28. The Morgan fingerprint density at radius 1 is 1.32 bits per heavy atom. The molecule has 0 bridgehead atoms. The Hall–Kier alpha value is -1.95. The Kier molecular flexibility index (Phi) is 4.61. The molecule has 0 aromatic heterocycles. The van der Waals surface area contributed by atoms with Gasteiger partial charge < -0.3 is 15.7 Å². The highest BCUT2D eigenvalue weighted by atomic mass is 19.1. The summed E-state index contributed by atoms with van der Waals surface area (Å²) in [6.07, 6.45) is 0. The summed E-state index contributed by atoms with van der Waals surface area (Å²) in [7, 11) is 0. The monoisotopic (exact) mass is 268 g/mol. The number of hydrogen-bond donors (Lipinski definition) is 3. The fourth-order valence-corrected chi connectivity index (χ4v) is 1.39. The smallest absolute Gasteiger partial charge is 0.340 e. The van der Waals surface area contributed by atoms with Gasteiger partial charge in [0.2, 0.25) is 5.91 Å². The van der Waals surface area contributed by atoms with Crippen molar-refractivity contribution in [2.75, 3.05) is 11.9 Å². The lowest BCUT2D eigenvalue weighted by Gasteiger charge is -2.20. The van der Waals surface area contributed by atoms with Crippen LogP contribution in [0.1, 0.15) is 31.1 Å². The van der Waals surface area contributed by atoms with Gasteiger partial charge in [-0.15, -0.1) is 0 Å². The molecule has 0 aliphatic heterocycles. The van der Waals surface area contributed by atoms with Crippen molar-refractivity contribution in [1.29, 1.82) is 0 Å². The molecule has 19 heavy (non-hydrogen) atoms. The summed E-state index contributed by atoms with van der Waals surface area (Å²) in [6.45, 7) is 5.69. The molecule has 0 fully saturated rings. The molecule has 0 atom stereocenters. The number of carbonyl (C=O) groups is 2. The zero-order valence-electron chi connectivity index (χ0n) is 11.1. The number of aromatic carboxylic acids is 1. The number of benzene rings is 1. The fraction of sp³-hybridized carbons (Fsp3) is 0.385. The SMILES string of the molecule is CC(C)(C)NCC(=O)Nc1cccc(F)c1C(=O)O. The lowest BCUT2D eigenvalue weighted by Crippen LogP contribution is -2.41. The second-order valence-corrected chi connectivity index (χ2v) is 5.12. The standard InChI is InChI=1S/C13H17FN2O3/c1-13(2,3)15-7-10(17)16-9-6-4-5-8(14)11(9)12(18)19/h4-6,15H,7H2,1-3H3,(H,16,17)(H,18,19). The molecule has 0 radical (unpaired) electrons. The normalized spacial score (nSPS) is 11.2. The van der Waals surface area contributed by atoms with Crippen LogP contribution in [-0.4, -0.2) is 29.1 Å². The summed E-state index contributed by atoms with van der Waals surface area (Å²) < 4.78 is 13.4. The predicted molar refractivity (Wildman–Crippen MR) is 69.7 cm³/mol. The molecule has 1 amide bonds. The number of carboxylic acids is 1. The first-order chi connectivity index (χ1) is 8.70. The number of carboxylic acid groups (broad SMARTS) is 1.